The molecule has 2 aromatic heterocycles. The van der Waals surface area contributed by atoms with Crippen LogP contribution in [0.15, 0.2) is 38.1 Å². The van der Waals surface area contributed by atoms with Crippen molar-refractivity contribution in [3.8, 4) is 0 Å². The van der Waals surface area contributed by atoms with E-state index >= 15 is 0 Å². The Morgan fingerprint density at radius 1 is 1.30 bits per heavy atom. The molecule has 0 unspecified atom stereocenters. The van der Waals surface area contributed by atoms with Gasteiger partial charge in [-0.15, -0.1) is 0 Å². The number of nitrogens with zero attached hydrogens (tertiary/aromatic N) is 2. The van der Waals surface area contributed by atoms with Gasteiger partial charge in [-0.1, -0.05) is 12.1 Å². The van der Waals surface area contributed by atoms with Crippen LogP contribution in [0.5, 0.6) is 0 Å². The van der Waals surface area contributed by atoms with Crippen molar-refractivity contribution in [2.75, 3.05) is 13.2 Å². The average molecular weight is 432 g/mol. The number of ether oxygens (including phenoxy) is 1. The number of rotatable bonds is 6. The van der Waals surface area contributed by atoms with E-state index in [1.165, 1.54) is 10.4 Å². The van der Waals surface area contributed by atoms with Crippen LogP contribution in [0.4, 0.5) is 0 Å². The van der Waals surface area contributed by atoms with Gasteiger partial charge in [0.15, 0.2) is 5.76 Å². The summed E-state index contributed by atoms with van der Waals surface area (Å²) in [6.07, 6.45) is 2.14. The minimum Gasteiger partial charge on any atom is -0.460 e. The molecule has 9 heteroatoms. The van der Waals surface area contributed by atoms with Crippen molar-refractivity contribution >= 4 is 27.0 Å². The Morgan fingerprint density at radius 2 is 2.10 bits per heavy atom. The Bertz CT molecular complexity index is 1190. The summed E-state index contributed by atoms with van der Waals surface area (Å²) < 4.78 is 44.4. The number of hydrogen-bond acceptors (Lipinski definition) is 7. The molecule has 8 nitrogen and oxygen atoms in total. The third-order valence-corrected chi connectivity index (χ3v) is 7.35. The van der Waals surface area contributed by atoms with Gasteiger partial charge in [-0.3, -0.25) is 0 Å². The minimum atomic E-state index is -3.78. The second-order valence-corrected chi connectivity index (χ2v) is 9.17. The summed E-state index contributed by atoms with van der Waals surface area (Å²) in [5, 5.41) is 4.57. The van der Waals surface area contributed by atoms with Crippen molar-refractivity contribution < 1.29 is 26.9 Å². The van der Waals surface area contributed by atoms with Gasteiger partial charge in [-0.25, -0.2) is 13.2 Å². The van der Waals surface area contributed by atoms with Crippen molar-refractivity contribution in [1.82, 2.24) is 9.46 Å². The zero-order chi connectivity index (χ0) is 21.5. The van der Waals surface area contributed by atoms with E-state index in [2.05, 4.69) is 5.16 Å². The van der Waals surface area contributed by atoms with Crippen LogP contribution >= 0.6 is 0 Å². The molecule has 0 amide bonds. The maximum Gasteiger partial charge on any atom is 0.374 e. The van der Waals surface area contributed by atoms with Gasteiger partial charge in [0, 0.05) is 23.6 Å². The molecule has 1 saturated heterocycles. The molecule has 30 heavy (non-hydrogen) atoms. The van der Waals surface area contributed by atoms with Crippen LogP contribution in [0.25, 0.3) is 11.0 Å². The largest absolute Gasteiger partial charge is 0.460 e. The van der Waals surface area contributed by atoms with Gasteiger partial charge in [-0.05, 0) is 51.3 Å². The fourth-order valence-electron chi connectivity index (χ4n) is 3.85. The first-order valence-electron chi connectivity index (χ1n) is 10.0. The lowest BCUT2D eigenvalue weighted by molar-refractivity contribution is 0.0491. The molecular formula is C21H24N2O6S. The quantitative estimate of drug-likeness (QED) is 0.543. The number of hydrogen-bond donors (Lipinski definition) is 0. The summed E-state index contributed by atoms with van der Waals surface area (Å²) in [7, 11) is -3.78. The summed E-state index contributed by atoms with van der Waals surface area (Å²) in [6.45, 7) is 6.04. The van der Waals surface area contributed by atoms with E-state index in [0.717, 1.165) is 18.5 Å². The predicted octanol–water partition coefficient (Wildman–Crippen LogP) is 3.99. The molecule has 0 spiro atoms. The fraction of sp³-hybridized carbons (Fsp3) is 0.429. The Balaban J connectivity index is 1.71. The molecular weight excluding hydrogens is 408 g/mol. The second-order valence-electron chi connectivity index (χ2n) is 7.28. The van der Waals surface area contributed by atoms with Crippen LogP contribution in [0, 0.1) is 6.92 Å². The summed E-state index contributed by atoms with van der Waals surface area (Å²) in [5.41, 5.74) is 1.80. The van der Waals surface area contributed by atoms with Gasteiger partial charge >= 0.3 is 5.97 Å². The standard InChI is InChI=1S/C21H24N2O6S/c1-4-14-11-19(29-22-14)17-7-6-10-23(17)30(25,26)15-8-9-18-16(12-15)13(3)20(28-18)21(24)27-5-2/h8-9,11-12,17H,4-7,10H2,1-3H3/t17-/m1/s1. The smallest absolute Gasteiger partial charge is 0.374 e. The van der Waals surface area contributed by atoms with Gasteiger partial charge in [0.05, 0.1) is 23.2 Å². The highest BCUT2D eigenvalue weighted by atomic mass is 32.2. The van der Waals surface area contributed by atoms with Crippen molar-refractivity contribution in [3.63, 3.8) is 0 Å². The Morgan fingerprint density at radius 3 is 2.80 bits per heavy atom. The molecule has 3 aromatic rings. The van der Waals surface area contributed by atoms with Crippen molar-refractivity contribution in [2.24, 2.45) is 0 Å². The van der Waals surface area contributed by atoms with Crippen LogP contribution in [0.2, 0.25) is 0 Å². The topological polar surface area (TPSA) is 103 Å². The van der Waals surface area contributed by atoms with Gasteiger partial charge in [0.25, 0.3) is 0 Å². The molecule has 0 bridgehead atoms. The molecule has 4 rings (SSSR count). The first-order chi connectivity index (χ1) is 14.4. The molecule has 1 aromatic carbocycles. The maximum absolute atomic E-state index is 13.4. The lowest BCUT2D eigenvalue weighted by Gasteiger charge is -2.22. The van der Waals surface area contributed by atoms with Crippen LogP contribution in [0.1, 0.15) is 60.3 Å². The number of aryl methyl sites for hydroxylation is 2. The summed E-state index contributed by atoms with van der Waals surface area (Å²) in [4.78, 5) is 12.2. The number of esters is 1. The van der Waals surface area contributed by atoms with E-state index in [1.54, 1.807) is 26.0 Å². The maximum atomic E-state index is 13.4. The molecule has 160 valence electrons. The van der Waals surface area contributed by atoms with E-state index in [-0.39, 0.29) is 23.3 Å². The number of furan rings is 1. The molecule has 1 atom stereocenters. The minimum absolute atomic E-state index is 0.0919. The number of sulfonamides is 1. The van der Waals surface area contributed by atoms with E-state index in [1.807, 2.05) is 13.0 Å². The number of aromatic nitrogens is 1. The highest BCUT2D eigenvalue weighted by Crippen LogP contribution is 2.38. The molecule has 1 aliphatic heterocycles. The van der Waals surface area contributed by atoms with Crippen molar-refractivity contribution in [3.05, 3.63) is 47.0 Å². The number of benzene rings is 1. The predicted molar refractivity (Wildman–Crippen MR) is 109 cm³/mol. The summed E-state index contributed by atoms with van der Waals surface area (Å²) >= 11 is 0. The number of carbonyl (C=O) groups is 1. The van der Waals surface area contributed by atoms with E-state index < -0.39 is 16.0 Å². The van der Waals surface area contributed by atoms with Crippen LogP contribution in [0.3, 0.4) is 0 Å². The van der Waals surface area contributed by atoms with E-state index in [4.69, 9.17) is 13.7 Å². The molecule has 0 saturated carbocycles. The molecule has 0 N–H and O–H groups in total. The normalized spacial score (nSPS) is 17.6. The van der Waals surface area contributed by atoms with Crippen molar-refractivity contribution in [2.45, 2.75) is 51.0 Å². The highest BCUT2D eigenvalue weighted by Gasteiger charge is 2.38. The molecule has 0 aliphatic carbocycles. The molecule has 1 aliphatic rings. The molecule has 0 radical (unpaired) electrons. The summed E-state index contributed by atoms with van der Waals surface area (Å²) in [6, 6.07) is 6.08. The van der Waals surface area contributed by atoms with Crippen LogP contribution in [-0.2, 0) is 21.2 Å². The monoisotopic (exact) mass is 432 g/mol. The zero-order valence-corrected chi connectivity index (χ0v) is 18.0. The van der Waals surface area contributed by atoms with E-state index in [0.29, 0.717) is 35.3 Å². The zero-order valence-electron chi connectivity index (χ0n) is 17.2. The highest BCUT2D eigenvalue weighted by molar-refractivity contribution is 7.89. The fourth-order valence-corrected chi connectivity index (χ4v) is 5.54. The lowest BCUT2D eigenvalue weighted by atomic mass is 10.1. The second kappa shape index (κ2) is 7.88. The van der Waals surface area contributed by atoms with Crippen LogP contribution < -0.4 is 0 Å². The number of fused-ring (bicyclic) bond motifs is 1. The van der Waals surface area contributed by atoms with Gasteiger partial charge in [0.2, 0.25) is 15.8 Å². The van der Waals surface area contributed by atoms with Crippen molar-refractivity contribution in [1.29, 1.82) is 0 Å². The van der Waals surface area contributed by atoms with Gasteiger partial charge in [-0.2, -0.15) is 4.31 Å². The molecule has 1 fully saturated rings. The Kier molecular flexibility index (Phi) is 5.42. The third-order valence-electron chi connectivity index (χ3n) is 5.45. The van der Waals surface area contributed by atoms with Gasteiger partial charge in [0.1, 0.15) is 5.58 Å². The van der Waals surface area contributed by atoms with E-state index in [9.17, 15) is 13.2 Å². The molecule has 3 heterocycles. The summed E-state index contributed by atoms with van der Waals surface area (Å²) in [5.74, 6) is 0.0968. The number of carbonyl (C=O) groups excluding carboxylic acids is 1. The Hall–Kier alpha value is -2.65. The average Bonchev–Trinajstić information content (AvgIpc) is 3.46. The van der Waals surface area contributed by atoms with Crippen LogP contribution in [-0.4, -0.2) is 37.0 Å². The first kappa shape index (κ1) is 20.6. The third kappa shape index (κ3) is 3.41. The Labute approximate surface area is 174 Å². The van der Waals surface area contributed by atoms with Gasteiger partial charge < -0.3 is 13.7 Å². The lowest BCUT2D eigenvalue weighted by Crippen LogP contribution is -2.30. The SMILES string of the molecule is CCOC(=O)c1oc2ccc(S(=O)(=O)N3CCC[C@@H]3c3cc(CC)no3)cc2c1C. The first-order valence-corrected chi connectivity index (χ1v) is 11.5.